The molecule has 13 heteroatoms. The van der Waals surface area contributed by atoms with E-state index in [0.717, 1.165) is 74.4 Å². The highest BCUT2D eigenvalue weighted by Crippen LogP contribution is 2.46. The molecule has 6 aliphatic rings. The van der Waals surface area contributed by atoms with Crippen LogP contribution in [0.15, 0.2) is 79.1 Å². The number of amides is 2. The van der Waals surface area contributed by atoms with Crippen molar-refractivity contribution in [1.29, 1.82) is 0 Å². The Hall–Kier alpha value is -4.82. The number of pyridine rings is 1. The van der Waals surface area contributed by atoms with Crippen molar-refractivity contribution in [3.8, 4) is 0 Å². The molecule has 5 fully saturated rings. The Morgan fingerprint density at radius 3 is 1.94 bits per heavy atom. The number of piperazine rings is 2. The van der Waals surface area contributed by atoms with Gasteiger partial charge in [-0.25, -0.2) is 14.5 Å². The molecular weight excluding hydrogens is 670 g/mol. The number of benzene rings is 2. The van der Waals surface area contributed by atoms with Crippen LogP contribution in [0.3, 0.4) is 0 Å². The van der Waals surface area contributed by atoms with Crippen LogP contribution in [0.1, 0.15) is 36.5 Å². The summed E-state index contributed by atoms with van der Waals surface area (Å²) in [6.07, 6.45) is 7.10. The molecule has 2 aromatic carbocycles. The third-order valence-electron chi connectivity index (χ3n) is 12.0. The van der Waals surface area contributed by atoms with E-state index in [0.29, 0.717) is 25.5 Å². The van der Waals surface area contributed by atoms with E-state index in [1.807, 2.05) is 39.7 Å². The van der Waals surface area contributed by atoms with Gasteiger partial charge in [0.25, 0.3) is 17.4 Å². The number of nitrogens with one attached hydrogen (secondary N) is 2. The summed E-state index contributed by atoms with van der Waals surface area (Å²) in [5.74, 6) is -0.588. The fourth-order valence-corrected chi connectivity index (χ4v) is 9.14. The topological polar surface area (TPSA) is 120 Å². The average Bonchev–Trinajstić information content (AvgIpc) is 3.62. The maximum atomic E-state index is 14.8. The minimum atomic E-state index is -1.82. The Bertz CT molecular complexity index is 1960. The van der Waals surface area contributed by atoms with Gasteiger partial charge in [0.1, 0.15) is 0 Å². The first kappa shape index (κ1) is 32.8. The lowest BCUT2D eigenvalue weighted by Crippen LogP contribution is -2.55. The van der Waals surface area contributed by atoms with E-state index in [-0.39, 0.29) is 42.0 Å². The molecule has 2 aromatic heterocycles. The Morgan fingerprint density at radius 2 is 1.40 bits per heavy atom. The summed E-state index contributed by atoms with van der Waals surface area (Å²) in [5.41, 5.74) is 6.69. The van der Waals surface area contributed by atoms with Gasteiger partial charge in [0.2, 0.25) is 0 Å². The zero-order chi connectivity index (χ0) is 35.7. The van der Waals surface area contributed by atoms with Gasteiger partial charge in [-0.1, -0.05) is 60.7 Å². The minimum absolute atomic E-state index is 0.0515. The molecule has 0 bridgehead atoms. The Morgan fingerprint density at radius 1 is 0.830 bits per heavy atom. The molecule has 0 aliphatic carbocycles. The molecule has 0 radical (unpaired) electrons. The van der Waals surface area contributed by atoms with Crippen molar-refractivity contribution in [2.75, 3.05) is 44.7 Å². The van der Waals surface area contributed by atoms with Crippen molar-refractivity contribution in [2.24, 2.45) is 0 Å². The van der Waals surface area contributed by atoms with Gasteiger partial charge in [0, 0.05) is 76.8 Å². The highest BCUT2D eigenvalue weighted by Gasteiger charge is 2.68. The molecule has 8 heterocycles. The van der Waals surface area contributed by atoms with Gasteiger partial charge in [-0.05, 0) is 37.0 Å². The number of anilines is 1. The van der Waals surface area contributed by atoms with Crippen molar-refractivity contribution in [3.05, 3.63) is 95.8 Å². The van der Waals surface area contributed by atoms with Gasteiger partial charge in [-0.15, -0.1) is 0 Å². The summed E-state index contributed by atoms with van der Waals surface area (Å²) in [7, 11) is 0. The van der Waals surface area contributed by atoms with Crippen molar-refractivity contribution in [1.82, 2.24) is 39.8 Å². The lowest BCUT2D eigenvalue weighted by Gasteiger charge is -2.29. The number of hydroxylamine groups is 1. The summed E-state index contributed by atoms with van der Waals surface area (Å²) >= 11 is 0. The predicted molar refractivity (Wildman–Crippen MR) is 198 cm³/mol. The normalized spacial score (nSPS) is 28.1. The Balaban J connectivity index is 0.950. The molecule has 4 atom stereocenters. The fourth-order valence-electron chi connectivity index (χ4n) is 9.14. The van der Waals surface area contributed by atoms with Crippen LogP contribution in [0.4, 0.5) is 5.69 Å². The first-order valence-electron chi connectivity index (χ1n) is 19.0. The van der Waals surface area contributed by atoms with Crippen LogP contribution in [0, 0.1) is 0 Å². The molecule has 10 rings (SSSR count). The highest BCUT2D eigenvalue weighted by atomic mass is 16.7. The van der Waals surface area contributed by atoms with Crippen LogP contribution < -0.4 is 10.8 Å². The van der Waals surface area contributed by atoms with Gasteiger partial charge in [-0.2, -0.15) is 5.10 Å². The van der Waals surface area contributed by atoms with Crippen LogP contribution in [0.2, 0.25) is 0 Å². The van der Waals surface area contributed by atoms with E-state index < -0.39 is 5.60 Å². The zero-order valence-electron chi connectivity index (χ0n) is 29.9. The number of aryl methyl sites for hydroxylation is 1. The summed E-state index contributed by atoms with van der Waals surface area (Å²) in [6, 6.07) is 21.2. The smallest absolute Gasteiger partial charge is 0.272 e. The van der Waals surface area contributed by atoms with E-state index in [1.165, 1.54) is 11.1 Å². The first-order chi connectivity index (χ1) is 26.0. The lowest BCUT2D eigenvalue weighted by atomic mass is 9.97. The van der Waals surface area contributed by atoms with E-state index in [1.54, 1.807) is 12.3 Å². The van der Waals surface area contributed by atoms with Gasteiger partial charge in [0.05, 0.1) is 47.1 Å². The monoisotopic (exact) mass is 715 g/mol. The minimum Gasteiger partial charge on any atom is -0.381 e. The number of hydrogen-bond acceptors (Lipinski definition) is 10. The summed E-state index contributed by atoms with van der Waals surface area (Å²) in [6.45, 7) is 8.85. The largest absolute Gasteiger partial charge is 0.381 e. The van der Waals surface area contributed by atoms with E-state index in [9.17, 15) is 9.59 Å². The van der Waals surface area contributed by atoms with Gasteiger partial charge in [0.15, 0.2) is 5.65 Å². The number of hydrogen-bond donors (Lipinski definition) is 2. The zero-order valence-corrected chi connectivity index (χ0v) is 29.9. The quantitative estimate of drug-likeness (QED) is 0.188. The molecule has 2 amide bonds. The van der Waals surface area contributed by atoms with E-state index in [2.05, 4.69) is 74.2 Å². The Kier molecular flexibility index (Phi) is 8.01. The molecule has 2 N–H and O–H groups in total. The number of ether oxygens (including phenoxy) is 1. The summed E-state index contributed by atoms with van der Waals surface area (Å²) < 4.78 is 7.52. The number of aromatic nitrogens is 3. The molecule has 53 heavy (non-hydrogen) atoms. The molecule has 4 aromatic rings. The number of likely N-dealkylation sites (tertiary alicyclic amines) is 2. The van der Waals surface area contributed by atoms with E-state index >= 15 is 0 Å². The van der Waals surface area contributed by atoms with Crippen molar-refractivity contribution in [2.45, 2.75) is 75.2 Å². The first-order valence-corrected chi connectivity index (χ1v) is 19.0. The highest BCUT2D eigenvalue weighted by molar-refractivity contribution is 6.14. The molecule has 5 saturated heterocycles. The van der Waals surface area contributed by atoms with Crippen molar-refractivity contribution < 1.29 is 19.2 Å². The second-order valence-electron chi connectivity index (χ2n) is 15.3. The van der Waals surface area contributed by atoms with Gasteiger partial charge >= 0.3 is 0 Å². The molecule has 274 valence electrons. The standard InChI is InChI=1S/C40H45N9O4/c1-2-47-37-30(19-42-47)36(43-28-13-15-52-16-14-28)29(18-41-37)31-17-40(53-44-31,38(50)48-32-22-45(23-33(32)48)20-26-9-5-3-6-10-26)39(51)49-34-24-46(25-35(34)49)21-27-11-7-4-8-12-27/h3-12,17-19,28,32-35,44H,2,13-16,20-25H2,1H3,(H,41,43). The van der Waals surface area contributed by atoms with Gasteiger partial charge < -0.3 is 19.9 Å². The van der Waals surface area contributed by atoms with Crippen LogP contribution in [-0.2, 0) is 38.8 Å². The van der Waals surface area contributed by atoms with Crippen molar-refractivity contribution >= 4 is 34.2 Å². The molecule has 0 saturated carbocycles. The second-order valence-corrected chi connectivity index (χ2v) is 15.3. The molecular formula is C40H45N9O4. The average molecular weight is 716 g/mol. The summed E-state index contributed by atoms with van der Waals surface area (Å²) in [4.78, 5) is 49.4. The number of rotatable bonds is 10. The Labute approximate surface area is 308 Å². The number of fused-ring (bicyclic) bond motifs is 3. The van der Waals surface area contributed by atoms with Crippen LogP contribution in [-0.4, -0.2) is 121 Å². The van der Waals surface area contributed by atoms with Crippen LogP contribution in [0.25, 0.3) is 16.7 Å². The second kappa shape index (κ2) is 12.9. The summed E-state index contributed by atoms with van der Waals surface area (Å²) in [5, 5.41) is 9.25. The third kappa shape index (κ3) is 5.68. The van der Waals surface area contributed by atoms with Crippen LogP contribution in [0.5, 0.6) is 0 Å². The number of carbonyl (C=O) groups excluding carboxylic acids is 2. The van der Waals surface area contributed by atoms with Gasteiger partial charge in [-0.3, -0.25) is 24.9 Å². The van der Waals surface area contributed by atoms with Crippen LogP contribution >= 0.6 is 0 Å². The molecule has 4 unspecified atom stereocenters. The maximum Gasteiger partial charge on any atom is 0.272 e. The molecule has 6 aliphatic heterocycles. The van der Waals surface area contributed by atoms with E-state index in [4.69, 9.17) is 14.6 Å². The number of carbonyl (C=O) groups is 2. The maximum absolute atomic E-state index is 14.8. The predicted octanol–water partition coefficient (Wildman–Crippen LogP) is 2.85. The third-order valence-corrected chi connectivity index (χ3v) is 12.0. The SMILES string of the molecule is CCn1ncc2c(NC3CCOCC3)c(C3=CC(C(=O)N4C5CN(Cc6ccccc6)CC54)(C(=O)N4C5CN(Cc6ccccc6)CC54)ON3)cnc21. The number of nitrogens with zero attached hydrogens (tertiary/aromatic N) is 7. The van der Waals surface area contributed by atoms with Crippen molar-refractivity contribution in [3.63, 3.8) is 0 Å². The fraction of sp³-hybridized carbons (Fsp3) is 0.450. The lowest BCUT2D eigenvalue weighted by molar-refractivity contribution is -0.165. The molecule has 0 spiro atoms. The molecule has 13 nitrogen and oxygen atoms in total.